The molecule has 0 radical (unpaired) electrons. The van der Waals surface area contributed by atoms with E-state index in [1.165, 1.54) is 54.1 Å². The molecule has 1 aromatic rings. The Morgan fingerprint density at radius 3 is 2.74 bits per heavy atom. The maximum Gasteiger partial charge on any atom is 0.0323 e. The van der Waals surface area contributed by atoms with Gasteiger partial charge in [0.25, 0.3) is 0 Å². The first kappa shape index (κ1) is 15.3. The summed E-state index contributed by atoms with van der Waals surface area (Å²) in [6, 6.07) is 9.56. The average molecular weight is 371 g/mol. The fourth-order valence-electron chi connectivity index (χ4n) is 3.14. The normalized spacial score (nSPS) is 18.4. The van der Waals surface area contributed by atoms with Crippen LogP contribution in [-0.4, -0.2) is 6.54 Å². The number of rotatable bonds is 6. The first-order chi connectivity index (χ1) is 9.29. The van der Waals surface area contributed by atoms with Crippen LogP contribution in [0.4, 0.5) is 0 Å². The molecule has 2 heteroatoms. The van der Waals surface area contributed by atoms with E-state index in [9.17, 15) is 0 Å². The van der Waals surface area contributed by atoms with Gasteiger partial charge in [0.15, 0.2) is 0 Å². The van der Waals surface area contributed by atoms with Crippen LogP contribution < -0.4 is 5.32 Å². The molecule has 0 amide bonds. The van der Waals surface area contributed by atoms with Gasteiger partial charge in [-0.15, -0.1) is 0 Å². The lowest BCUT2D eigenvalue weighted by molar-refractivity contribution is 0.300. The van der Waals surface area contributed by atoms with Crippen LogP contribution in [0, 0.1) is 9.49 Å². The summed E-state index contributed by atoms with van der Waals surface area (Å²) in [6.45, 7) is 3.38. The molecule has 1 atom stereocenters. The summed E-state index contributed by atoms with van der Waals surface area (Å²) in [6.07, 6.45) is 9.75. The molecule has 2 rings (SSSR count). The minimum absolute atomic E-state index is 0.553. The quantitative estimate of drug-likeness (QED) is 0.669. The zero-order valence-corrected chi connectivity index (χ0v) is 14.2. The van der Waals surface area contributed by atoms with Gasteiger partial charge in [0.1, 0.15) is 0 Å². The summed E-state index contributed by atoms with van der Waals surface area (Å²) >= 11 is 2.42. The maximum absolute atomic E-state index is 3.76. The van der Waals surface area contributed by atoms with Crippen molar-refractivity contribution in [2.24, 2.45) is 5.92 Å². The second kappa shape index (κ2) is 8.25. The van der Waals surface area contributed by atoms with Crippen molar-refractivity contribution in [2.75, 3.05) is 6.54 Å². The molecule has 0 aromatic heterocycles. The van der Waals surface area contributed by atoms with Gasteiger partial charge in [-0.05, 0) is 65.6 Å². The molecule has 0 bridgehead atoms. The van der Waals surface area contributed by atoms with Gasteiger partial charge in [-0.3, -0.25) is 0 Å². The highest BCUT2D eigenvalue weighted by atomic mass is 127. The first-order valence-corrected chi connectivity index (χ1v) is 8.86. The van der Waals surface area contributed by atoms with Crippen LogP contribution in [0.3, 0.4) is 0 Å². The molecule has 19 heavy (non-hydrogen) atoms. The molecule has 1 N–H and O–H groups in total. The van der Waals surface area contributed by atoms with E-state index in [0.717, 1.165) is 12.5 Å². The third-order valence-corrected chi connectivity index (χ3v) is 4.86. The summed E-state index contributed by atoms with van der Waals surface area (Å²) in [5, 5.41) is 3.76. The first-order valence-electron chi connectivity index (χ1n) is 7.78. The molecule has 1 nitrogen and oxygen atoms in total. The van der Waals surface area contributed by atoms with Crippen LogP contribution in [0.5, 0.6) is 0 Å². The molecule has 0 aliphatic heterocycles. The Bertz CT molecular complexity index is 371. The summed E-state index contributed by atoms with van der Waals surface area (Å²) in [4.78, 5) is 0. The van der Waals surface area contributed by atoms with Crippen molar-refractivity contribution >= 4 is 22.6 Å². The summed E-state index contributed by atoms with van der Waals surface area (Å²) in [5.41, 5.74) is 1.48. The standard InChI is InChI=1S/C17H26IN/c1-2-11-19-17(12-14-7-4-3-5-8-14)15-9-6-10-16(18)13-15/h6,9-10,13-14,17,19H,2-5,7-8,11-12H2,1H3. The zero-order valence-electron chi connectivity index (χ0n) is 12.0. The van der Waals surface area contributed by atoms with Crippen LogP contribution in [-0.2, 0) is 0 Å². The zero-order chi connectivity index (χ0) is 13.5. The molecular weight excluding hydrogens is 345 g/mol. The van der Waals surface area contributed by atoms with Gasteiger partial charge in [0.05, 0.1) is 0 Å². The van der Waals surface area contributed by atoms with E-state index >= 15 is 0 Å². The average Bonchev–Trinajstić information content (AvgIpc) is 2.44. The Morgan fingerprint density at radius 2 is 2.05 bits per heavy atom. The molecule has 1 aromatic carbocycles. The number of benzene rings is 1. The van der Waals surface area contributed by atoms with Crippen molar-refractivity contribution in [3.8, 4) is 0 Å². The topological polar surface area (TPSA) is 12.0 Å². The van der Waals surface area contributed by atoms with E-state index in [1.54, 1.807) is 0 Å². The minimum Gasteiger partial charge on any atom is -0.310 e. The Labute approximate surface area is 131 Å². The largest absolute Gasteiger partial charge is 0.310 e. The highest BCUT2D eigenvalue weighted by molar-refractivity contribution is 14.1. The number of halogens is 1. The van der Waals surface area contributed by atoms with E-state index in [-0.39, 0.29) is 0 Å². The maximum atomic E-state index is 3.76. The molecule has 1 unspecified atom stereocenters. The van der Waals surface area contributed by atoms with Crippen molar-refractivity contribution in [3.63, 3.8) is 0 Å². The number of hydrogen-bond donors (Lipinski definition) is 1. The van der Waals surface area contributed by atoms with E-state index < -0.39 is 0 Å². The van der Waals surface area contributed by atoms with Gasteiger partial charge < -0.3 is 5.32 Å². The molecule has 0 spiro atoms. The predicted molar refractivity (Wildman–Crippen MR) is 91.4 cm³/mol. The molecule has 106 valence electrons. The second-order valence-electron chi connectivity index (χ2n) is 5.80. The SMILES string of the molecule is CCCNC(CC1CCCCC1)c1cccc(I)c1. The van der Waals surface area contributed by atoms with Crippen LogP contribution >= 0.6 is 22.6 Å². The van der Waals surface area contributed by atoms with E-state index in [1.807, 2.05) is 0 Å². The molecule has 1 fully saturated rings. The lowest BCUT2D eigenvalue weighted by atomic mass is 9.83. The van der Waals surface area contributed by atoms with Gasteiger partial charge in [-0.1, -0.05) is 51.2 Å². The van der Waals surface area contributed by atoms with Gasteiger partial charge in [-0.2, -0.15) is 0 Å². The number of nitrogens with one attached hydrogen (secondary N) is 1. The van der Waals surface area contributed by atoms with Crippen molar-refractivity contribution in [1.29, 1.82) is 0 Å². The van der Waals surface area contributed by atoms with Crippen LogP contribution in [0.15, 0.2) is 24.3 Å². The van der Waals surface area contributed by atoms with Crippen molar-refractivity contribution < 1.29 is 0 Å². The Hall–Kier alpha value is -0.0900. The van der Waals surface area contributed by atoms with Crippen LogP contribution in [0.1, 0.15) is 63.5 Å². The van der Waals surface area contributed by atoms with E-state index in [2.05, 4.69) is 59.1 Å². The predicted octanol–water partition coefficient (Wildman–Crippen LogP) is 5.30. The molecule has 1 aliphatic rings. The minimum atomic E-state index is 0.553. The molecule has 0 heterocycles. The van der Waals surface area contributed by atoms with Crippen LogP contribution in [0.25, 0.3) is 0 Å². The van der Waals surface area contributed by atoms with E-state index in [0.29, 0.717) is 6.04 Å². The van der Waals surface area contributed by atoms with E-state index in [4.69, 9.17) is 0 Å². The Balaban J connectivity index is 2.01. The van der Waals surface area contributed by atoms with Gasteiger partial charge in [0, 0.05) is 9.61 Å². The molecule has 1 saturated carbocycles. The van der Waals surface area contributed by atoms with Crippen molar-refractivity contribution in [1.82, 2.24) is 5.32 Å². The summed E-state index contributed by atoms with van der Waals surface area (Å²) < 4.78 is 1.35. The van der Waals surface area contributed by atoms with Crippen molar-refractivity contribution in [2.45, 2.75) is 57.9 Å². The fraction of sp³-hybridized carbons (Fsp3) is 0.647. The molecular formula is C17H26IN. The van der Waals surface area contributed by atoms with Crippen molar-refractivity contribution in [3.05, 3.63) is 33.4 Å². The van der Waals surface area contributed by atoms with Crippen LogP contribution in [0.2, 0.25) is 0 Å². The smallest absolute Gasteiger partial charge is 0.0323 e. The highest BCUT2D eigenvalue weighted by Crippen LogP contribution is 2.32. The second-order valence-corrected chi connectivity index (χ2v) is 7.05. The monoisotopic (exact) mass is 371 g/mol. The Morgan fingerprint density at radius 1 is 1.26 bits per heavy atom. The number of hydrogen-bond acceptors (Lipinski definition) is 1. The third kappa shape index (κ3) is 5.07. The fourth-order valence-corrected chi connectivity index (χ4v) is 3.70. The summed E-state index contributed by atoms with van der Waals surface area (Å²) in [7, 11) is 0. The van der Waals surface area contributed by atoms with Gasteiger partial charge in [0.2, 0.25) is 0 Å². The van der Waals surface area contributed by atoms with Gasteiger partial charge in [-0.25, -0.2) is 0 Å². The lowest BCUT2D eigenvalue weighted by Gasteiger charge is -2.27. The summed E-state index contributed by atoms with van der Waals surface area (Å²) in [5.74, 6) is 0.931. The third-order valence-electron chi connectivity index (χ3n) is 4.19. The highest BCUT2D eigenvalue weighted by Gasteiger charge is 2.19. The molecule has 1 aliphatic carbocycles. The molecule has 0 saturated heterocycles. The Kier molecular flexibility index (Phi) is 6.65. The lowest BCUT2D eigenvalue weighted by Crippen LogP contribution is -2.25. The van der Waals surface area contributed by atoms with Gasteiger partial charge >= 0.3 is 0 Å².